The van der Waals surface area contributed by atoms with Crippen LogP contribution in [0.1, 0.15) is 31.7 Å². The molecule has 1 aliphatic heterocycles. The second-order valence-corrected chi connectivity index (χ2v) is 6.44. The molecule has 25 heavy (non-hydrogen) atoms. The fourth-order valence-corrected chi connectivity index (χ4v) is 2.91. The number of carbonyl (C=O) groups excluding carboxylic acids is 3. The summed E-state index contributed by atoms with van der Waals surface area (Å²) >= 11 is 6.01. The van der Waals surface area contributed by atoms with E-state index in [9.17, 15) is 14.4 Å². The average molecular weight is 363 g/mol. The van der Waals surface area contributed by atoms with Crippen molar-refractivity contribution in [1.29, 1.82) is 0 Å². The lowest BCUT2D eigenvalue weighted by molar-refractivity contribution is -0.161. The standard InChI is InChI=1S/C18H19ClN2O4/c1-4-6-15(21-14(22)10-20-18(21)24)25-17(23)16(11(2)3)12-7-5-8-13(19)9-12/h1,5,7-9,11,15-16H,6,10H2,2-3H3,(H,20,24). The molecule has 0 saturated carbocycles. The normalized spacial score (nSPS) is 16.4. The summed E-state index contributed by atoms with van der Waals surface area (Å²) in [7, 11) is 0. The van der Waals surface area contributed by atoms with Crippen molar-refractivity contribution in [2.45, 2.75) is 32.4 Å². The van der Waals surface area contributed by atoms with E-state index in [2.05, 4.69) is 11.2 Å². The smallest absolute Gasteiger partial charge is 0.327 e. The molecule has 0 bridgehead atoms. The van der Waals surface area contributed by atoms with Crippen molar-refractivity contribution in [3.05, 3.63) is 34.9 Å². The molecule has 1 heterocycles. The van der Waals surface area contributed by atoms with Gasteiger partial charge < -0.3 is 10.1 Å². The van der Waals surface area contributed by atoms with Gasteiger partial charge in [0.1, 0.15) is 0 Å². The Balaban J connectivity index is 2.24. The zero-order chi connectivity index (χ0) is 18.6. The third-order valence-corrected chi connectivity index (χ3v) is 4.07. The van der Waals surface area contributed by atoms with Crippen LogP contribution < -0.4 is 5.32 Å². The molecule has 2 rings (SSSR count). The number of urea groups is 1. The number of amides is 3. The Kier molecular flexibility index (Phi) is 6.05. The van der Waals surface area contributed by atoms with Crippen molar-refractivity contribution < 1.29 is 19.1 Å². The number of esters is 1. The number of ether oxygens (including phenoxy) is 1. The summed E-state index contributed by atoms with van der Waals surface area (Å²) in [6.07, 6.45) is 4.09. The van der Waals surface area contributed by atoms with Crippen LogP contribution in [0.4, 0.5) is 4.79 Å². The molecule has 132 valence electrons. The van der Waals surface area contributed by atoms with Gasteiger partial charge in [0.15, 0.2) is 6.23 Å². The first-order valence-electron chi connectivity index (χ1n) is 7.84. The van der Waals surface area contributed by atoms with Gasteiger partial charge in [0, 0.05) is 5.02 Å². The van der Waals surface area contributed by atoms with Crippen LogP contribution in [0.3, 0.4) is 0 Å². The van der Waals surface area contributed by atoms with Gasteiger partial charge in [-0.1, -0.05) is 37.6 Å². The molecule has 1 fully saturated rings. The van der Waals surface area contributed by atoms with Crippen LogP contribution in [-0.4, -0.2) is 35.6 Å². The zero-order valence-electron chi connectivity index (χ0n) is 14.0. The Hall–Kier alpha value is -2.52. The van der Waals surface area contributed by atoms with Crippen molar-refractivity contribution in [2.24, 2.45) is 5.92 Å². The molecule has 2 atom stereocenters. The first-order valence-corrected chi connectivity index (χ1v) is 8.22. The molecule has 2 unspecified atom stereocenters. The molecule has 0 radical (unpaired) electrons. The first-order chi connectivity index (χ1) is 11.8. The number of nitrogens with zero attached hydrogens (tertiary/aromatic N) is 1. The summed E-state index contributed by atoms with van der Waals surface area (Å²) in [6, 6.07) is 6.31. The molecule has 6 nitrogen and oxygen atoms in total. The minimum atomic E-state index is -1.13. The number of carbonyl (C=O) groups is 3. The maximum Gasteiger partial charge on any atom is 0.327 e. The first kappa shape index (κ1) is 18.8. The monoisotopic (exact) mass is 362 g/mol. The predicted octanol–water partition coefficient (Wildman–Crippen LogP) is 2.52. The summed E-state index contributed by atoms with van der Waals surface area (Å²) in [6.45, 7) is 3.60. The fraction of sp³-hybridized carbons (Fsp3) is 0.389. The quantitative estimate of drug-likeness (QED) is 0.479. The molecule has 0 spiro atoms. The lowest BCUT2D eigenvalue weighted by atomic mass is 9.88. The van der Waals surface area contributed by atoms with E-state index in [1.54, 1.807) is 24.3 Å². The number of hydrogen-bond donors (Lipinski definition) is 1. The molecular weight excluding hydrogens is 344 g/mol. The molecule has 1 aromatic carbocycles. The highest BCUT2D eigenvalue weighted by Crippen LogP contribution is 2.29. The molecule has 0 aromatic heterocycles. The third-order valence-electron chi connectivity index (χ3n) is 3.84. The minimum Gasteiger partial charge on any atom is -0.439 e. The lowest BCUT2D eigenvalue weighted by Gasteiger charge is -2.27. The van der Waals surface area contributed by atoms with E-state index in [-0.39, 0.29) is 18.9 Å². The number of imide groups is 1. The van der Waals surface area contributed by atoms with Gasteiger partial charge in [-0.25, -0.2) is 9.69 Å². The van der Waals surface area contributed by atoms with Gasteiger partial charge in [0.05, 0.1) is 18.9 Å². The number of nitrogens with one attached hydrogen (secondary N) is 1. The maximum absolute atomic E-state index is 12.7. The van der Waals surface area contributed by atoms with E-state index < -0.39 is 30.1 Å². The van der Waals surface area contributed by atoms with Crippen LogP contribution >= 0.6 is 11.6 Å². The number of halogens is 1. The molecule has 3 amide bonds. The van der Waals surface area contributed by atoms with Crippen molar-refractivity contribution in [2.75, 3.05) is 6.54 Å². The average Bonchev–Trinajstić information content (AvgIpc) is 2.85. The van der Waals surface area contributed by atoms with Crippen LogP contribution in [0.25, 0.3) is 0 Å². The van der Waals surface area contributed by atoms with Crippen molar-refractivity contribution >= 4 is 29.5 Å². The second-order valence-electron chi connectivity index (χ2n) is 6.00. The molecule has 1 aliphatic rings. The van der Waals surface area contributed by atoms with E-state index in [1.165, 1.54) is 0 Å². The summed E-state index contributed by atoms with van der Waals surface area (Å²) in [5, 5.41) is 2.89. The van der Waals surface area contributed by atoms with Gasteiger partial charge in [-0.3, -0.25) is 9.59 Å². The minimum absolute atomic E-state index is 0.0781. The van der Waals surface area contributed by atoms with E-state index in [1.807, 2.05) is 13.8 Å². The molecule has 7 heteroatoms. The Morgan fingerprint density at radius 1 is 1.44 bits per heavy atom. The van der Waals surface area contributed by atoms with Gasteiger partial charge in [-0.05, 0) is 23.6 Å². The van der Waals surface area contributed by atoms with E-state index in [0.29, 0.717) is 10.6 Å². The Bertz CT molecular complexity index is 710. The lowest BCUT2D eigenvalue weighted by Crippen LogP contribution is -2.44. The Morgan fingerprint density at radius 3 is 2.68 bits per heavy atom. The number of hydrogen-bond acceptors (Lipinski definition) is 4. The third kappa shape index (κ3) is 4.31. The summed E-state index contributed by atoms with van der Waals surface area (Å²) in [4.78, 5) is 37.3. The van der Waals surface area contributed by atoms with Gasteiger partial charge in [0.25, 0.3) is 5.91 Å². The number of rotatable bonds is 6. The Labute approximate surface area is 151 Å². The summed E-state index contributed by atoms with van der Waals surface area (Å²) in [5.74, 6) is 0.607. The maximum atomic E-state index is 12.7. The Morgan fingerprint density at radius 2 is 2.16 bits per heavy atom. The molecule has 1 aromatic rings. The van der Waals surface area contributed by atoms with Crippen molar-refractivity contribution in [3.63, 3.8) is 0 Å². The number of benzene rings is 1. The van der Waals surface area contributed by atoms with Crippen LogP contribution in [0.15, 0.2) is 24.3 Å². The zero-order valence-corrected chi connectivity index (χ0v) is 14.7. The van der Waals surface area contributed by atoms with E-state index in [4.69, 9.17) is 22.8 Å². The highest BCUT2D eigenvalue weighted by atomic mass is 35.5. The highest BCUT2D eigenvalue weighted by Gasteiger charge is 2.38. The molecular formula is C18H19ClN2O4. The molecule has 1 saturated heterocycles. The van der Waals surface area contributed by atoms with Crippen LogP contribution in [0.2, 0.25) is 5.02 Å². The topological polar surface area (TPSA) is 75.7 Å². The summed E-state index contributed by atoms with van der Waals surface area (Å²) < 4.78 is 5.45. The molecule has 1 N–H and O–H groups in total. The van der Waals surface area contributed by atoms with Gasteiger partial charge in [-0.2, -0.15) is 0 Å². The highest BCUT2D eigenvalue weighted by molar-refractivity contribution is 6.30. The predicted molar refractivity (Wildman–Crippen MR) is 92.6 cm³/mol. The number of terminal acetylenes is 1. The SMILES string of the molecule is C#CCC(OC(=O)C(c1cccc(Cl)c1)C(C)C)N1C(=O)CNC1=O. The second kappa shape index (κ2) is 8.04. The van der Waals surface area contributed by atoms with E-state index >= 15 is 0 Å². The van der Waals surface area contributed by atoms with Gasteiger partial charge in [0.2, 0.25) is 0 Å². The largest absolute Gasteiger partial charge is 0.439 e. The van der Waals surface area contributed by atoms with E-state index in [0.717, 1.165) is 4.90 Å². The van der Waals surface area contributed by atoms with Crippen LogP contribution in [0.5, 0.6) is 0 Å². The summed E-state index contributed by atoms with van der Waals surface area (Å²) in [5.41, 5.74) is 0.698. The molecule has 0 aliphatic carbocycles. The van der Waals surface area contributed by atoms with Gasteiger partial charge in [-0.15, -0.1) is 12.3 Å². The fourth-order valence-electron chi connectivity index (χ4n) is 2.71. The van der Waals surface area contributed by atoms with Crippen molar-refractivity contribution in [3.8, 4) is 12.3 Å². The van der Waals surface area contributed by atoms with Gasteiger partial charge >= 0.3 is 12.0 Å². The van der Waals surface area contributed by atoms with Crippen LogP contribution in [0, 0.1) is 18.3 Å². The van der Waals surface area contributed by atoms with Crippen molar-refractivity contribution in [1.82, 2.24) is 10.2 Å². The van der Waals surface area contributed by atoms with Crippen LogP contribution in [-0.2, 0) is 14.3 Å².